The molecule has 1 amide bonds. The number of ether oxygens (including phenoxy) is 1. The highest BCUT2D eigenvalue weighted by Crippen LogP contribution is 2.43. The van der Waals surface area contributed by atoms with Crippen LogP contribution in [0.2, 0.25) is 0 Å². The van der Waals surface area contributed by atoms with Gasteiger partial charge in [0.05, 0.1) is 12.2 Å². The van der Waals surface area contributed by atoms with Crippen molar-refractivity contribution in [1.82, 2.24) is 4.90 Å². The Morgan fingerprint density at radius 2 is 1.96 bits per heavy atom. The second-order valence-corrected chi connectivity index (χ2v) is 7.30. The lowest BCUT2D eigenvalue weighted by molar-refractivity contribution is -0.143. The number of hydrogen-bond acceptors (Lipinski definition) is 3. The lowest BCUT2D eigenvalue weighted by atomic mass is 9.83. The van der Waals surface area contributed by atoms with Crippen LogP contribution in [0.15, 0.2) is 28.7 Å². The first-order valence-corrected chi connectivity index (χ1v) is 8.69. The molecule has 1 saturated carbocycles. The Kier molecular flexibility index (Phi) is 4.47. The zero-order valence-corrected chi connectivity index (χ0v) is 14.6. The highest BCUT2D eigenvalue weighted by Gasteiger charge is 2.53. The van der Waals surface area contributed by atoms with Gasteiger partial charge in [0.25, 0.3) is 5.91 Å². The molecule has 1 N–H and O–H groups in total. The zero-order chi connectivity index (χ0) is 16.6. The highest BCUT2D eigenvalue weighted by molar-refractivity contribution is 9.10. The van der Waals surface area contributed by atoms with Gasteiger partial charge in [-0.3, -0.25) is 9.69 Å². The Morgan fingerprint density at radius 3 is 2.57 bits per heavy atom. The Hall–Kier alpha value is -1.40. The average Bonchev–Trinajstić information content (AvgIpc) is 2.90. The molecule has 3 rings (SSSR count). The van der Waals surface area contributed by atoms with Crippen LogP contribution >= 0.6 is 15.9 Å². The molecule has 2 fully saturated rings. The number of halogens is 1. The fraction of sp³-hybridized carbons (Fsp3) is 0.529. The first-order chi connectivity index (χ1) is 10.9. The molecule has 23 heavy (non-hydrogen) atoms. The minimum atomic E-state index is -1.01. The van der Waals surface area contributed by atoms with Gasteiger partial charge in [-0.1, -0.05) is 19.1 Å². The lowest BCUT2D eigenvalue weighted by Gasteiger charge is -2.42. The molecule has 1 atom stereocenters. The van der Waals surface area contributed by atoms with Crippen LogP contribution in [-0.4, -0.2) is 40.3 Å². The van der Waals surface area contributed by atoms with Crippen LogP contribution < -0.4 is 0 Å². The summed E-state index contributed by atoms with van der Waals surface area (Å²) >= 11 is 3.39. The number of carboxylic acid groups (broad SMARTS) is 1. The van der Waals surface area contributed by atoms with E-state index in [1.54, 1.807) is 18.2 Å². The number of hydrogen-bond donors (Lipinski definition) is 1. The molecule has 0 radical (unpaired) electrons. The molecule has 1 heterocycles. The highest BCUT2D eigenvalue weighted by atomic mass is 79.9. The van der Waals surface area contributed by atoms with E-state index < -0.39 is 17.7 Å². The second-order valence-electron chi connectivity index (χ2n) is 6.45. The third-order valence-electron chi connectivity index (χ3n) is 4.92. The molecular formula is C17H20BrNO4. The van der Waals surface area contributed by atoms with Gasteiger partial charge in [-0.05, 0) is 59.7 Å². The lowest BCUT2D eigenvalue weighted by Crippen LogP contribution is -2.55. The minimum Gasteiger partial charge on any atom is -0.480 e. The summed E-state index contributed by atoms with van der Waals surface area (Å²) in [5, 5.41) is 9.53. The van der Waals surface area contributed by atoms with Crippen LogP contribution in [0.1, 0.15) is 43.0 Å². The number of amides is 1. The van der Waals surface area contributed by atoms with Crippen LogP contribution in [-0.2, 0) is 9.53 Å². The van der Waals surface area contributed by atoms with E-state index in [0.29, 0.717) is 28.8 Å². The standard InChI is InChI=1S/C17H20BrNO4/c1-11-6-8-17(9-7-11)19(14(10-23-17)16(21)22)15(20)12-4-2-3-5-13(12)18/h2-5,11,14H,6-10H2,1H3,(H,21,22)/t11?,14-,17?/m1/s1. The van der Waals surface area contributed by atoms with Gasteiger partial charge in [0.15, 0.2) is 6.04 Å². The van der Waals surface area contributed by atoms with E-state index in [1.165, 1.54) is 4.90 Å². The second kappa shape index (κ2) is 6.24. The Balaban J connectivity index is 1.98. The summed E-state index contributed by atoms with van der Waals surface area (Å²) in [6.45, 7) is 2.23. The van der Waals surface area contributed by atoms with Crippen molar-refractivity contribution in [2.24, 2.45) is 5.92 Å². The number of carbonyl (C=O) groups is 2. The van der Waals surface area contributed by atoms with Gasteiger partial charge in [0.2, 0.25) is 0 Å². The Morgan fingerprint density at radius 1 is 1.30 bits per heavy atom. The Bertz CT molecular complexity index is 625. The van der Waals surface area contributed by atoms with E-state index in [4.69, 9.17) is 4.74 Å². The first-order valence-electron chi connectivity index (χ1n) is 7.89. The first kappa shape index (κ1) is 16.5. The van der Waals surface area contributed by atoms with Crippen molar-refractivity contribution in [3.05, 3.63) is 34.3 Å². The third kappa shape index (κ3) is 2.90. The molecule has 1 aromatic carbocycles. The topological polar surface area (TPSA) is 66.8 Å². The van der Waals surface area contributed by atoms with Crippen molar-refractivity contribution in [3.8, 4) is 0 Å². The fourth-order valence-corrected chi connectivity index (χ4v) is 3.99. The molecule has 2 aliphatic rings. The molecule has 0 bridgehead atoms. The van der Waals surface area contributed by atoms with Crippen LogP contribution in [0.25, 0.3) is 0 Å². The van der Waals surface area contributed by atoms with Gasteiger partial charge < -0.3 is 9.84 Å². The summed E-state index contributed by atoms with van der Waals surface area (Å²) in [6, 6.07) is 6.18. The van der Waals surface area contributed by atoms with Crippen molar-refractivity contribution in [1.29, 1.82) is 0 Å². The number of aliphatic carboxylic acids is 1. The molecule has 1 spiro atoms. The van der Waals surface area contributed by atoms with E-state index in [9.17, 15) is 14.7 Å². The molecule has 124 valence electrons. The third-order valence-corrected chi connectivity index (χ3v) is 5.62. The SMILES string of the molecule is CC1CCC2(CC1)OC[C@H](C(=O)O)N2C(=O)c1ccccc1Br. The number of carboxylic acids is 1. The maximum atomic E-state index is 13.1. The Labute approximate surface area is 143 Å². The van der Waals surface area contributed by atoms with E-state index in [2.05, 4.69) is 22.9 Å². The predicted octanol–water partition coefficient (Wildman–Crippen LogP) is 3.28. The van der Waals surface area contributed by atoms with Gasteiger partial charge in [0.1, 0.15) is 5.72 Å². The minimum absolute atomic E-state index is 0.0555. The summed E-state index contributed by atoms with van der Waals surface area (Å²) in [6.07, 6.45) is 3.25. The van der Waals surface area contributed by atoms with Crippen LogP contribution in [0.3, 0.4) is 0 Å². The number of benzene rings is 1. The fourth-order valence-electron chi connectivity index (χ4n) is 3.53. The van der Waals surface area contributed by atoms with E-state index in [0.717, 1.165) is 12.8 Å². The monoisotopic (exact) mass is 381 g/mol. The summed E-state index contributed by atoms with van der Waals surface area (Å²) < 4.78 is 6.57. The molecule has 0 aromatic heterocycles. The molecule has 1 aliphatic carbocycles. The van der Waals surface area contributed by atoms with Crippen LogP contribution in [0.5, 0.6) is 0 Å². The smallest absolute Gasteiger partial charge is 0.328 e. The van der Waals surface area contributed by atoms with E-state index in [1.807, 2.05) is 6.07 Å². The van der Waals surface area contributed by atoms with Crippen molar-refractivity contribution in [3.63, 3.8) is 0 Å². The predicted molar refractivity (Wildman–Crippen MR) is 88.1 cm³/mol. The van der Waals surface area contributed by atoms with Crippen molar-refractivity contribution < 1.29 is 19.4 Å². The van der Waals surface area contributed by atoms with Crippen LogP contribution in [0.4, 0.5) is 0 Å². The molecule has 6 heteroatoms. The van der Waals surface area contributed by atoms with Gasteiger partial charge in [-0.15, -0.1) is 0 Å². The van der Waals surface area contributed by atoms with E-state index >= 15 is 0 Å². The molecule has 1 aromatic rings. The van der Waals surface area contributed by atoms with Gasteiger partial charge >= 0.3 is 5.97 Å². The molecular weight excluding hydrogens is 362 g/mol. The van der Waals surface area contributed by atoms with Gasteiger partial charge in [-0.2, -0.15) is 0 Å². The summed E-state index contributed by atoms with van der Waals surface area (Å²) in [4.78, 5) is 26.2. The summed E-state index contributed by atoms with van der Waals surface area (Å²) in [7, 11) is 0. The largest absolute Gasteiger partial charge is 0.480 e. The molecule has 1 saturated heterocycles. The number of carbonyl (C=O) groups excluding carboxylic acids is 1. The maximum absolute atomic E-state index is 13.1. The van der Waals surface area contributed by atoms with E-state index in [-0.39, 0.29) is 12.5 Å². The van der Waals surface area contributed by atoms with Gasteiger partial charge in [0, 0.05) is 4.47 Å². The molecule has 0 unspecified atom stereocenters. The molecule has 5 nitrogen and oxygen atoms in total. The average molecular weight is 382 g/mol. The summed E-state index contributed by atoms with van der Waals surface area (Å²) in [5.74, 6) is -0.716. The van der Waals surface area contributed by atoms with Crippen LogP contribution in [0, 0.1) is 5.92 Å². The maximum Gasteiger partial charge on any atom is 0.328 e. The summed E-state index contributed by atoms with van der Waals surface area (Å²) in [5.41, 5.74) is -0.302. The quantitative estimate of drug-likeness (QED) is 0.853. The van der Waals surface area contributed by atoms with Crippen molar-refractivity contribution >= 4 is 27.8 Å². The number of rotatable bonds is 2. The molecule has 1 aliphatic heterocycles. The normalized spacial score (nSPS) is 30.6. The zero-order valence-electron chi connectivity index (χ0n) is 13.0. The van der Waals surface area contributed by atoms with Gasteiger partial charge in [-0.25, -0.2) is 4.79 Å². The number of nitrogens with zero attached hydrogens (tertiary/aromatic N) is 1. The van der Waals surface area contributed by atoms with Crippen molar-refractivity contribution in [2.75, 3.05) is 6.61 Å². The van der Waals surface area contributed by atoms with Crippen molar-refractivity contribution in [2.45, 2.75) is 44.4 Å².